The number of unbranched alkanes of at least 4 members (excludes halogenated alkanes) is 12. The van der Waals surface area contributed by atoms with Crippen molar-refractivity contribution in [3.05, 3.63) is 16.3 Å². The first-order chi connectivity index (χ1) is 17.1. The number of aromatic nitrogens is 4. The standard InChI is InChI=1S/C26H42Cl2N6O/c1-21-30-25-23(24(27)31-26(28)32-25)34(21)18-14-12-10-8-6-4-2-3-5-7-9-11-13-15-22(35)33-19-16-29-17-20-33/h29H,2-20H2,1H3. The summed E-state index contributed by atoms with van der Waals surface area (Å²) in [6.45, 7) is 6.50. The van der Waals surface area contributed by atoms with E-state index in [0.29, 0.717) is 16.7 Å². The molecule has 1 aliphatic heterocycles. The van der Waals surface area contributed by atoms with Gasteiger partial charge in [0, 0.05) is 39.1 Å². The van der Waals surface area contributed by atoms with E-state index >= 15 is 0 Å². The number of halogens is 2. The van der Waals surface area contributed by atoms with E-state index < -0.39 is 0 Å². The summed E-state index contributed by atoms with van der Waals surface area (Å²) in [4.78, 5) is 26.9. The Morgan fingerprint density at radius 3 is 1.94 bits per heavy atom. The summed E-state index contributed by atoms with van der Waals surface area (Å²) in [7, 11) is 0. The molecule has 35 heavy (non-hydrogen) atoms. The lowest BCUT2D eigenvalue weighted by Crippen LogP contribution is -2.46. The Balaban J connectivity index is 1.11. The van der Waals surface area contributed by atoms with E-state index in [9.17, 15) is 4.79 Å². The summed E-state index contributed by atoms with van der Waals surface area (Å²) in [6.07, 6.45) is 17.2. The fourth-order valence-corrected chi connectivity index (χ4v) is 5.39. The Morgan fingerprint density at radius 1 is 0.800 bits per heavy atom. The number of amides is 1. The Labute approximate surface area is 220 Å². The highest BCUT2D eigenvalue weighted by Crippen LogP contribution is 2.24. The summed E-state index contributed by atoms with van der Waals surface area (Å²) in [6, 6.07) is 0. The molecule has 1 saturated heterocycles. The molecule has 3 heterocycles. The van der Waals surface area contributed by atoms with Crippen molar-refractivity contribution >= 4 is 40.3 Å². The van der Waals surface area contributed by atoms with Crippen LogP contribution in [0.1, 0.15) is 95.7 Å². The Morgan fingerprint density at radius 2 is 1.34 bits per heavy atom. The highest BCUT2D eigenvalue weighted by Gasteiger charge is 2.15. The second-order valence-electron chi connectivity index (χ2n) is 9.74. The van der Waals surface area contributed by atoms with Crippen molar-refractivity contribution in [2.45, 2.75) is 103 Å². The third-order valence-electron chi connectivity index (χ3n) is 6.97. The van der Waals surface area contributed by atoms with E-state index in [1.165, 1.54) is 70.6 Å². The molecule has 0 aliphatic carbocycles. The molecule has 0 unspecified atom stereocenters. The largest absolute Gasteiger partial charge is 0.340 e. The molecule has 1 N–H and O–H groups in total. The Kier molecular flexibility index (Phi) is 12.6. The summed E-state index contributed by atoms with van der Waals surface area (Å²) < 4.78 is 2.11. The molecule has 7 nitrogen and oxygen atoms in total. The van der Waals surface area contributed by atoms with Gasteiger partial charge in [0.15, 0.2) is 10.8 Å². The maximum Gasteiger partial charge on any atom is 0.225 e. The molecule has 2 aromatic rings. The van der Waals surface area contributed by atoms with Crippen LogP contribution < -0.4 is 5.32 Å². The van der Waals surface area contributed by atoms with Crippen molar-refractivity contribution in [1.82, 2.24) is 29.7 Å². The number of nitrogens with zero attached hydrogens (tertiary/aromatic N) is 5. The summed E-state index contributed by atoms with van der Waals surface area (Å²) in [5.41, 5.74) is 1.37. The van der Waals surface area contributed by atoms with Gasteiger partial charge in [-0.3, -0.25) is 4.79 Å². The number of carbonyl (C=O) groups excluding carboxylic acids is 1. The SMILES string of the molecule is Cc1nc2nc(Cl)nc(Cl)c2n1CCCCCCCCCCCCCCCC(=O)N1CCNCC1. The third-order valence-corrected chi connectivity index (χ3v) is 7.40. The third kappa shape index (κ3) is 9.51. The first-order valence-corrected chi connectivity index (χ1v) is 14.4. The number of carbonyl (C=O) groups is 1. The van der Waals surface area contributed by atoms with Gasteiger partial charge in [0.1, 0.15) is 11.3 Å². The Bertz CT molecular complexity index is 913. The normalized spacial score (nSPS) is 14.2. The second-order valence-corrected chi connectivity index (χ2v) is 10.4. The van der Waals surface area contributed by atoms with Gasteiger partial charge in [-0.2, -0.15) is 4.98 Å². The maximum atomic E-state index is 12.1. The lowest BCUT2D eigenvalue weighted by Gasteiger charge is -2.27. The van der Waals surface area contributed by atoms with Crippen LogP contribution >= 0.6 is 23.2 Å². The number of aryl methyl sites for hydroxylation is 2. The van der Waals surface area contributed by atoms with Crippen LogP contribution in [0.2, 0.25) is 10.4 Å². The number of rotatable bonds is 16. The smallest absolute Gasteiger partial charge is 0.225 e. The van der Waals surface area contributed by atoms with E-state index in [1.807, 2.05) is 11.8 Å². The minimum Gasteiger partial charge on any atom is -0.340 e. The molecular weight excluding hydrogens is 483 g/mol. The molecule has 0 saturated carbocycles. The fraction of sp³-hybridized carbons (Fsp3) is 0.769. The van der Waals surface area contributed by atoms with E-state index in [2.05, 4.69) is 24.8 Å². The highest BCUT2D eigenvalue weighted by atomic mass is 35.5. The topological polar surface area (TPSA) is 75.9 Å². The molecular formula is C26H42Cl2N6O. The highest BCUT2D eigenvalue weighted by molar-refractivity contribution is 6.35. The van der Waals surface area contributed by atoms with Gasteiger partial charge < -0.3 is 14.8 Å². The van der Waals surface area contributed by atoms with Gasteiger partial charge in [0.05, 0.1) is 0 Å². The van der Waals surface area contributed by atoms with Gasteiger partial charge in [-0.15, -0.1) is 0 Å². The van der Waals surface area contributed by atoms with Crippen molar-refractivity contribution in [2.24, 2.45) is 0 Å². The number of hydrogen-bond donors (Lipinski definition) is 1. The van der Waals surface area contributed by atoms with Crippen LogP contribution in [-0.2, 0) is 11.3 Å². The van der Waals surface area contributed by atoms with Gasteiger partial charge in [0.25, 0.3) is 0 Å². The first kappa shape index (κ1) is 28.1. The number of imidazole rings is 1. The fourth-order valence-electron chi connectivity index (χ4n) is 4.91. The van der Waals surface area contributed by atoms with Crippen LogP contribution in [-0.4, -0.2) is 56.5 Å². The molecule has 2 aromatic heterocycles. The summed E-state index contributed by atoms with van der Waals surface area (Å²) in [5.74, 6) is 1.25. The zero-order valence-corrected chi connectivity index (χ0v) is 22.8. The monoisotopic (exact) mass is 524 g/mol. The molecule has 0 bridgehead atoms. The van der Waals surface area contributed by atoms with Crippen LogP contribution in [0, 0.1) is 6.92 Å². The van der Waals surface area contributed by atoms with Crippen molar-refractivity contribution in [3.8, 4) is 0 Å². The van der Waals surface area contributed by atoms with Gasteiger partial charge in [-0.1, -0.05) is 82.2 Å². The van der Waals surface area contributed by atoms with Gasteiger partial charge in [0.2, 0.25) is 11.2 Å². The van der Waals surface area contributed by atoms with Crippen molar-refractivity contribution < 1.29 is 4.79 Å². The predicted octanol–water partition coefficient (Wildman–Crippen LogP) is 6.33. The average molecular weight is 526 g/mol. The van der Waals surface area contributed by atoms with Gasteiger partial charge in [-0.05, 0) is 31.4 Å². The zero-order chi connectivity index (χ0) is 24.9. The van der Waals surface area contributed by atoms with E-state index in [-0.39, 0.29) is 5.28 Å². The lowest BCUT2D eigenvalue weighted by atomic mass is 10.0. The number of fused-ring (bicyclic) bond motifs is 1. The molecule has 0 radical (unpaired) electrons. The van der Waals surface area contributed by atoms with Gasteiger partial charge in [-0.25, -0.2) is 9.97 Å². The minimum absolute atomic E-state index is 0.140. The predicted molar refractivity (Wildman–Crippen MR) is 144 cm³/mol. The van der Waals surface area contributed by atoms with Crippen LogP contribution in [0.4, 0.5) is 0 Å². The molecule has 0 atom stereocenters. The zero-order valence-electron chi connectivity index (χ0n) is 21.3. The molecule has 0 spiro atoms. The van der Waals surface area contributed by atoms with Gasteiger partial charge >= 0.3 is 0 Å². The molecule has 196 valence electrons. The van der Waals surface area contributed by atoms with Crippen LogP contribution in [0.3, 0.4) is 0 Å². The number of hydrogen-bond acceptors (Lipinski definition) is 5. The van der Waals surface area contributed by atoms with Crippen molar-refractivity contribution in [3.63, 3.8) is 0 Å². The molecule has 0 aromatic carbocycles. The van der Waals surface area contributed by atoms with Crippen LogP contribution in [0.15, 0.2) is 0 Å². The minimum atomic E-state index is 0.140. The number of nitrogens with one attached hydrogen (secondary N) is 1. The van der Waals surface area contributed by atoms with E-state index in [1.54, 1.807) is 0 Å². The van der Waals surface area contributed by atoms with Crippen molar-refractivity contribution in [1.29, 1.82) is 0 Å². The number of piperazine rings is 1. The van der Waals surface area contributed by atoms with Crippen molar-refractivity contribution in [2.75, 3.05) is 26.2 Å². The molecule has 1 fully saturated rings. The summed E-state index contributed by atoms with van der Waals surface area (Å²) in [5, 5.41) is 3.81. The van der Waals surface area contributed by atoms with Crippen LogP contribution in [0.25, 0.3) is 11.2 Å². The molecule has 9 heteroatoms. The molecule has 1 aliphatic rings. The molecule has 1 amide bonds. The van der Waals surface area contributed by atoms with Crippen LogP contribution in [0.5, 0.6) is 0 Å². The maximum absolute atomic E-state index is 12.1. The first-order valence-electron chi connectivity index (χ1n) is 13.6. The van der Waals surface area contributed by atoms with E-state index in [4.69, 9.17) is 23.2 Å². The lowest BCUT2D eigenvalue weighted by molar-refractivity contribution is -0.131. The quantitative estimate of drug-likeness (QED) is 0.157. The summed E-state index contributed by atoms with van der Waals surface area (Å²) >= 11 is 12.2. The van der Waals surface area contributed by atoms with E-state index in [0.717, 1.165) is 63.3 Å². The average Bonchev–Trinajstić information content (AvgIpc) is 3.16. The Hall–Kier alpha value is -1.44. The molecule has 3 rings (SSSR count). The second kappa shape index (κ2) is 15.6.